The minimum absolute atomic E-state index is 0.0683. The summed E-state index contributed by atoms with van der Waals surface area (Å²) in [6, 6.07) is 7.62. The third-order valence-corrected chi connectivity index (χ3v) is 4.14. The van der Waals surface area contributed by atoms with Gasteiger partial charge in [0.2, 0.25) is 0 Å². The van der Waals surface area contributed by atoms with Gasteiger partial charge in [0.25, 0.3) is 5.91 Å². The van der Waals surface area contributed by atoms with Crippen LogP contribution in [0.15, 0.2) is 30.5 Å². The third kappa shape index (κ3) is 2.56. The van der Waals surface area contributed by atoms with E-state index >= 15 is 0 Å². The van der Waals surface area contributed by atoms with Crippen molar-refractivity contribution in [3.8, 4) is 0 Å². The minimum atomic E-state index is -0.118. The number of nitrogens with one attached hydrogen (secondary N) is 1. The predicted octanol–water partition coefficient (Wildman–Crippen LogP) is 2.11. The Morgan fingerprint density at radius 1 is 1.33 bits per heavy atom. The molecule has 1 heterocycles. The molecule has 0 aliphatic heterocycles. The molecule has 2 atom stereocenters. The van der Waals surface area contributed by atoms with Gasteiger partial charge in [-0.25, -0.2) is 4.98 Å². The molecule has 2 aromatic rings. The second kappa shape index (κ2) is 5.69. The van der Waals surface area contributed by atoms with Crippen molar-refractivity contribution in [3.63, 3.8) is 0 Å². The Balaban J connectivity index is 1.90. The molecule has 1 saturated carbocycles. The molecule has 0 radical (unpaired) electrons. The van der Waals surface area contributed by atoms with Gasteiger partial charge >= 0.3 is 0 Å². The second-order valence-corrected chi connectivity index (χ2v) is 5.39. The first-order valence-corrected chi connectivity index (χ1v) is 7.17. The van der Waals surface area contributed by atoms with Crippen molar-refractivity contribution in [1.82, 2.24) is 10.3 Å². The lowest BCUT2D eigenvalue weighted by Crippen LogP contribution is -2.40. The quantitative estimate of drug-likeness (QED) is 0.905. The number of rotatable bonds is 3. The van der Waals surface area contributed by atoms with Crippen molar-refractivity contribution in [2.75, 3.05) is 12.8 Å². The first kappa shape index (κ1) is 13.8. The molecule has 1 aliphatic carbocycles. The Kier molecular flexibility index (Phi) is 3.75. The smallest absolute Gasteiger partial charge is 0.253 e. The van der Waals surface area contributed by atoms with Crippen molar-refractivity contribution in [2.24, 2.45) is 0 Å². The third-order valence-electron chi connectivity index (χ3n) is 4.14. The first-order chi connectivity index (χ1) is 10.2. The summed E-state index contributed by atoms with van der Waals surface area (Å²) in [4.78, 5) is 16.7. The number of carbonyl (C=O) groups is 1. The lowest BCUT2D eigenvalue weighted by molar-refractivity contribution is 0.0723. The van der Waals surface area contributed by atoms with E-state index in [1.165, 1.54) is 0 Å². The van der Waals surface area contributed by atoms with Gasteiger partial charge in [-0.15, -0.1) is 0 Å². The predicted molar refractivity (Wildman–Crippen MR) is 82.1 cm³/mol. The van der Waals surface area contributed by atoms with E-state index in [1.54, 1.807) is 13.3 Å². The van der Waals surface area contributed by atoms with E-state index in [1.807, 2.05) is 24.3 Å². The Morgan fingerprint density at radius 3 is 2.86 bits per heavy atom. The molecule has 21 heavy (non-hydrogen) atoms. The summed E-state index contributed by atoms with van der Waals surface area (Å²) in [6.45, 7) is 0. The maximum Gasteiger partial charge on any atom is 0.253 e. The zero-order valence-corrected chi connectivity index (χ0v) is 12.0. The number of carbonyl (C=O) groups excluding carboxylic acids is 1. The molecule has 5 heteroatoms. The normalized spacial score (nSPS) is 21.6. The maximum absolute atomic E-state index is 12.5. The number of benzene rings is 1. The Morgan fingerprint density at radius 2 is 2.10 bits per heavy atom. The molecule has 1 aliphatic rings. The molecule has 3 rings (SSSR count). The van der Waals surface area contributed by atoms with Crippen LogP contribution in [-0.2, 0) is 4.74 Å². The fourth-order valence-corrected chi connectivity index (χ4v) is 3.01. The van der Waals surface area contributed by atoms with Gasteiger partial charge in [0.1, 0.15) is 5.82 Å². The number of nitrogens with two attached hydrogens (primary N) is 1. The molecule has 1 aromatic heterocycles. The van der Waals surface area contributed by atoms with Gasteiger partial charge in [0.05, 0.1) is 17.7 Å². The van der Waals surface area contributed by atoms with Crippen molar-refractivity contribution in [2.45, 2.75) is 31.4 Å². The van der Waals surface area contributed by atoms with Crippen molar-refractivity contribution < 1.29 is 9.53 Å². The highest BCUT2D eigenvalue weighted by Crippen LogP contribution is 2.25. The number of nitrogens with zero attached hydrogens (tertiary/aromatic N) is 1. The lowest BCUT2D eigenvalue weighted by atomic mass is 10.1. The van der Waals surface area contributed by atoms with Gasteiger partial charge < -0.3 is 15.8 Å². The van der Waals surface area contributed by atoms with Crippen LogP contribution in [0.5, 0.6) is 0 Å². The molecule has 1 aromatic carbocycles. The van der Waals surface area contributed by atoms with E-state index in [2.05, 4.69) is 10.3 Å². The number of aromatic nitrogens is 1. The van der Waals surface area contributed by atoms with Crippen LogP contribution in [0.3, 0.4) is 0 Å². The summed E-state index contributed by atoms with van der Waals surface area (Å²) in [6.07, 6.45) is 4.66. The molecule has 0 saturated heterocycles. The van der Waals surface area contributed by atoms with E-state index in [-0.39, 0.29) is 18.1 Å². The number of amides is 1. The molecule has 5 nitrogen and oxygen atoms in total. The van der Waals surface area contributed by atoms with Crippen LogP contribution in [0.4, 0.5) is 5.82 Å². The molecule has 2 unspecified atom stereocenters. The Hall–Kier alpha value is -2.14. The molecular formula is C16H19N3O2. The maximum atomic E-state index is 12.5. The van der Waals surface area contributed by atoms with Gasteiger partial charge in [-0.2, -0.15) is 0 Å². The number of anilines is 1. The zero-order valence-electron chi connectivity index (χ0n) is 12.0. The van der Waals surface area contributed by atoms with Gasteiger partial charge in [0, 0.05) is 18.7 Å². The van der Waals surface area contributed by atoms with Crippen molar-refractivity contribution in [3.05, 3.63) is 36.0 Å². The van der Waals surface area contributed by atoms with Gasteiger partial charge in [-0.05, 0) is 24.6 Å². The van der Waals surface area contributed by atoms with E-state index in [4.69, 9.17) is 10.5 Å². The van der Waals surface area contributed by atoms with Crippen LogP contribution in [0.1, 0.15) is 29.6 Å². The largest absolute Gasteiger partial charge is 0.383 e. The second-order valence-electron chi connectivity index (χ2n) is 5.39. The fourth-order valence-electron chi connectivity index (χ4n) is 3.01. The standard InChI is InChI=1S/C16H19N3O2/c1-21-14-8-4-7-13(14)19-16(20)12-9-18-15(17)11-6-3-2-5-10(11)12/h2-3,5-6,9,13-14H,4,7-8H2,1H3,(H2,17,18)(H,19,20). The molecular weight excluding hydrogens is 266 g/mol. The number of methoxy groups -OCH3 is 1. The summed E-state index contributed by atoms with van der Waals surface area (Å²) in [5, 5.41) is 4.70. The summed E-state index contributed by atoms with van der Waals surface area (Å²) in [5.41, 5.74) is 6.43. The van der Waals surface area contributed by atoms with Crippen LogP contribution < -0.4 is 11.1 Å². The number of hydrogen-bond donors (Lipinski definition) is 2. The number of nitrogen functional groups attached to an aromatic ring is 1. The van der Waals surface area contributed by atoms with E-state index in [9.17, 15) is 4.79 Å². The monoisotopic (exact) mass is 285 g/mol. The summed E-state index contributed by atoms with van der Waals surface area (Å²) in [5.74, 6) is 0.324. The number of fused-ring (bicyclic) bond motifs is 1. The van der Waals surface area contributed by atoms with Crippen LogP contribution >= 0.6 is 0 Å². The van der Waals surface area contributed by atoms with Crippen LogP contribution in [0.2, 0.25) is 0 Å². The molecule has 3 N–H and O–H groups in total. The lowest BCUT2D eigenvalue weighted by Gasteiger charge is -2.20. The van der Waals surface area contributed by atoms with Crippen LogP contribution in [-0.4, -0.2) is 30.1 Å². The molecule has 1 fully saturated rings. The van der Waals surface area contributed by atoms with Crippen molar-refractivity contribution >= 4 is 22.5 Å². The number of ether oxygens (including phenoxy) is 1. The van der Waals surface area contributed by atoms with E-state index < -0.39 is 0 Å². The number of pyridine rings is 1. The molecule has 1 amide bonds. The summed E-state index contributed by atoms with van der Waals surface area (Å²) >= 11 is 0. The Bertz CT molecular complexity index is 672. The highest BCUT2D eigenvalue weighted by molar-refractivity contribution is 6.09. The fraction of sp³-hybridized carbons (Fsp3) is 0.375. The summed E-state index contributed by atoms with van der Waals surface area (Å²) < 4.78 is 5.42. The van der Waals surface area contributed by atoms with Gasteiger partial charge in [-0.1, -0.05) is 24.3 Å². The summed E-state index contributed by atoms with van der Waals surface area (Å²) in [7, 11) is 1.69. The minimum Gasteiger partial charge on any atom is -0.383 e. The highest BCUT2D eigenvalue weighted by Gasteiger charge is 2.29. The van der Waals surface area contributed by atoms with E-state index in [0.717, 1.165) is 30.0 Å². The first-order valence-electron chi connectivity index (χ1n) is 7.17. The zero-order chi connectivity index (χ0) is 14.8. The van der Waals surface area contributed by atoms with E-state index in [0.29, 0.717) is 11.4 Å². The van der Waals surface area contributed by atoms with Gasteiger partial charge in [-0.3, -0.25) is 4.79 Å². The SMILES string of the molecule is COC1CCCC1NC(=O)c1cnc(N)c2ccccc12. The van der Waals surface area contributed by atoms with Crippen LogP contribution in [0.25, 0.3) is 10.8 Å². The number of hydrogen-bond acceptors (Lipinski definition) is 4. The average molecular weight is 285 g/mol. The van der Waals surface area contributed by atoms with Crippen molar-refractivity contribution in [1.29, 1.82) is 0 Å². The topological polar surface area (TPSA) is 77.2 Å². The molecule has 110 valence electrons. The molecule has 0 bridgehead atoms. The Labute approximate surface area is 123 Å². The highest BCUT2D eigenvalue weighted by atomic mass is 16.5. The average Bonchev–Trinajstić information content (AvgIpc) is 2.95. The van der Waals surface area contributed by atoms with Crippen LogP contribution in [0, 0.1) is 0 Å². The van der Waals surface area contributed by atoms with Gasteiger partial charge in [0.15, 0.2) is 0 Å². The molecule has 0 spiro atoms.